The molecule has 0 N–H and O–H groups in total. The van der Waals surface area contributed by atoms with Crippen LogP contribution >= 0.6 is 11.6 Å². The topological polar surface area (TPSA) is 21.8 Å². The van der Waals surface area contributed by atoms with E-state index in [0.717, 1.165) is 17.9 Å². The van der Waals surface area contributed by atoms with Crippen molar-refractivity contribution in [3.63, 3.8) is 0 Å². The first-order valence-corrected chi connectivity index (χ1v) is 4.64. The van der Waals surface area contributed by atoms with E-state index in [1.165, 1.54) is 0 Å². The molecule has 0 saturated carbocycles. The molecule has 2 nitrogen and oxygen atoms in total. The Morgan fingerprint density at radius 2 is 2.38 bits per heavy atom. The summed E-state index contributed by atoms with van der Waals surface area (Å²) in [6.07, 6.45) is 0.275. The van der Waals surface area contributed by atoms with Crippen molar-refractivity contribution < 1.29 is 9.47 Å². The number of hydrogen-bond acceptors (Lipinski definition) is 2. The molecule has 0 aromatic heterocycles. The molecule has 1 aromatic carbocycles. The van der Waals surface area contributed by atoms with E-state index in [2.05, 4.69) is 0 Å². The fourth-order valence-electron chi connectivity index (χ4n) is 1.07. The van der Waals surface area contributed by atoms with E-state index in [9.17, 15) is 0 Å². The highest BCUT2D eigenvalue weighted by molar-refractivity contribution is 6.32. The molecule has 0 amide bonds. The average Bonchev–Trinajstić information content (AvgIpc) is 2.86. The summed E-state index contributed by atoms with van der Waals surface area (Å²) >= 11 is 5.97. The Labute approximate surface area is 82.4 Å². The maximum atomic E-state index is 5.97. The summed E-state index contributed by atoms with van der Waals surface area (Å²) in [7, 11) is 0. The molecule has 1 heterocycles. The van der Waals surface area contributed by atoms with Gasteiger partial charge in [-0.15, -0.1) is 0 Å². The Bertz CT molecular complexity index is 308. The number of hydrogen-bond donors (Lipinski definition) is 0. The predicted octanol–water partition coefficient (Wildman–Crippen LogP) is 2.43. The Morgan fingerprint density at radius 3 is 3.00 bits per heavy atom. The van der Waals surface area contributed by atoms with E-state index in [4.69, 9.17) is 21.1 Å². The lowest BCUT2D eigenvalue weighted by atomic mass is 10.2. The first-order valence-electron chi connectivity index (χ1n) is 4.26. The van der Waals surface area contributed by atoms with Crippen molar-refractivity contribution in [2.24, 2.45) is 0 Å². The third-order valence-electron chi connectivity index (χ3n) is 1.91. The maximum absolute atomic E-state index is 5.97. The van der Waals surface area contributed by atoms with Crippen LogP contribution in [0.1, 0.15) is 5.56 Å². The highest BCUT2D eigenvalue weighted by Crippen LogP contribution is 2.26. The van der Waals surface area contributed by atoms with Crippen molar-refractivity contribution in [2.45, 2.75) is 13.0 Å². The number of ether oxygens (including phenoxy) is 2. The second kappa shape index (κ2) is 3.56. The molecule has 1 aliphatic heterocycles. The molecule has 1 atom stereocenters. The van der Waals surface area contributed by atoms with Crippen LogP contribution in [0.5, 0.6) is 5.75 Å². The summed E-state index contributed by atoms with van der Waals surface area (Å²) in [4.78, 5) is 0. The van der Waals surface area contributed by atoms with Gasteiger partial charge in [0.05, 0.1) is 11.6 Å². The average molecular weight is 199 g/mol. The third-order valence-corrected chi connectivity index (χ3v) is 2.21. The number of epoxide rings is 1. The van der Waals surface area contributed by atoms with E-state index < -0.39 is 0 Å². The summed E-state index contributed by atoms with van der Waals surface area (Å²) in [5, 5.41) is 0.667. The lowest BCUT2D eigenvalue weighted by Gasteiger charge is -2.06. The van der Waals surface area contributed by atoms with Gasteiger partial charge in [0.2, 0.25) is 0 Å². The minimum absolute atomic E-state index is 0.275. The molecule has 0 bridgehead atoms. The standard InChI is InChI=1S/C10H11ClO2/c1-7-2-3-10(9(11)4-7)13-6-8-5-12-8/h2-4,8H,5-6H2,1H3/t8-/m1/s1. The Morgan fingerprint density at radius 1 is 1.62 bits per heavy atom. The van der Waals surface area contributed by atoms with Crippen LogP contribution in [0, 0.1) is 6.92 Å². The third kappa shape index (κ3) is 2.36. The van der Waals surface area contributed by atoms with Gasteiger partial charge in [-0.05, 0) is 24.6 Å². The molecular weight excluding hydrogens is 188 g/mol. The SMILES string of the molecule is Cc1ccc(OC[C@H]2CO2)c(Cl)c1. The minimum Gasteiger partial charge on any atom is -0.489 e. The molecule has 2 rings (SSSR count). The molecule has 1 saturated heterocycles. The van der Waals surface area contributed by atoms with Crippen LogP contribution in [0.4, 0.5) is 0 Å². The summed E-state index contributed by atoms with van der Waals surface area (Å²) in [6, 6.07) is 5.76. The molecule has 1 aliphatic rings. The van der Waals surface area contributed by atoms with Crippen LogP contribution in [0.2, 0.25) is 5.02 Å². The molecule has 1 aromatic rings. The van der Waals surface area contributed by atoms with Crippen molar-refractivity contribution in [3.05, 3.63) is 28.8 Å². The molecule has 3 heteroatoms. The van der Waals surface area contributed by atoms with E-state index >= 15 is 0 Å². The van der Waals surface area contributed by atoms with Gasteiger partial charge in [-0.2, -0.15) is 0 Å². The van der Waals surface area contributed by atoms with Gasteiger partial charge < -0.3 is 9.47 Å². The van der Waals surface area contributed by atoms with Gasteiger partial charge in [0.1, 0.15) is 18.5 Å². The van der Waals surface area contributed by atoms with Crippen molar-refractivity contribution >= 4 is 11.6 Å². The normalized spacial score (nSPS) is 20.0. The van der Waals surface area contributed by atoms with Crippen molar-refractivity contribution in [1.82, 2.24) is 0 Å². The lowest BCUT2D eigenvalue weighted by Crippen LogP contribution is -2.04. The van der Waals surface area contributed by atoms with Crippen LogP contribution in [0.25, 0.3) is 0 Å². The lowest BCUT2D eigenvalue weighted by molar-refractivity contribution is 0.263. The van der Waals surface area contributed by atoms with Crippen molar-refractivity contribution in [1.29, 1.82) is 0 Å². The Balaban J connectivity index is 2.01. The van der Waals surface area contributed by atoms with E-state index in [-0.39, 0.29) is 6.10 Å². The smallest absolute Gasteiger partial charge is 0.138 e. The monoisotopic (exact) mass is 198 g/mol. The zero-order valence-corrected chi connectivity index (χ0v) is 8.17. The molecule has 0 unspecified atom stereocenters. The first kappa shape index (κ1) is 8.85. The van der Waals surface area contributed by atoms with Crippen LogP contribution in [0.3, 0.4) is 0 Å². The van der Waals surface area contributed by atoms with Gasteiger partial charge in [-0.3, -0.25) is 0 Å². The predicted molar refractivity (Wildman–Crippen MR) is 51.4 cm³/mol. The van der Waals surface area contributed by atoms with Crippen LogP contribution in [-0.4, -0.2) is 19.3 Å². The van der Waals surface area contributed by atoms with Gasteiger partial charge in [0.15, 0.2) is 0 Å². The summed E-state index contributed by atoms with van der Waals surface area (Å²) in [5.74, 6) is 0.739. The molecule has 0 spiro atoms. The largest absolute Gasteiger partial charge is 0.489 e. The minimum atomic E-state index is 0.275. The summed E-state index contributed by atoms with van der Waals surface area (Å²) in [5.41, 5.74) is 1.14. The van der Waals surface area contributed by atoms with Crippen LogP contribution < -0.4 is 4.74 Å². The highest BCUT2D eigenvalue weighted by Gasteiger charge is 2.23. The summed E-state index contributed by atoms with van der Waals surface area (Å²) < 4.78 is 10.5. The Kier molecular flexibility index (Phi) is 2.42. The number of halogens is 1. The van der Waals surface area contributed by atoms with Crippen molar-refractivity contribution in [2.75, 3.05) is 13.2 Å². The fourth-order valence-corrected chi connectivity index (χ4v) is 1.36. The molecule has 1 fully saturated rings. The second-order valence-corrected chi connectivity index (χ2v) is 3.61. The second-order valence-electron chi connectivity index (χ2n) is 3.20. The number of benzene rings is 1. The van der Waals surface area contributed by atoms with E-state index in [1.54, 1.807) is 0 Å². The first-order chi connectivity index (χ1) is 6.25. The number of rotatable bonds is 3. The molecule has 13 heavy (non-hydrogen) atoms. The quantitative estimate of drug-likeness (QED) is 0.696. The maximum Gasteiger partial charge on any atom is 0.138 e. The molecule has 0 radical (unpaired) electrons. The molecule has 70 valence electrons. The van der Waals surface area contributed by atoms with Crippen LogP contribution in [0.15, 0.2) is 18.2 Å². The van der Waals surface area contributed by atoms with Crippen LogP contribution in [-0.2, 0) is 4.74 Å². The summed E-state index contributed by atoms with van der Waals surface area (Å²) in [6.45, 7) is 3.41. The highest BCUT2D eigenvalue weighted by atomic mass is 35.5. The van der Waals surface area contributed by atoms with E-state index in [1.807, 2.05) is 25.1 Å². The molecule has 0 aliphatic carbocycles. The van der Waals surface area contributed by atoms with Gasteiger partial charge in [-0.1, -0.05) is 17.7 Å². The fraction of sp³-hybridized carbons (Fsp3) is 0.400. The Hall–Kier alpha value is -0.730. The van der Waals surface area contributed by atoms with Gasteiger partial charge in [0, 0.05) is 0 Å². The zero-order valence-electron chi connectivity index (χ0n) is 7.42. The van der Waals surface area contributed by atoms with Gasteiger partial charge in [0.25, 0.3) is 0 Å². The van der Waals surface area contributed by atoms with Crippen molar-refractivity contribution in [3.8, 4) is 5.75 Å². The molecular formula is C10H11ClO2. The zero-order chi connectivity index (χ0) is 9.26. The number of aryl methyl sites for hydroxylation is 1. The van der Waals surface area contributed by atoms with Gasteiger partial charge in [-0.25, -0.2) is 0 Å². The van der Waals surface area contributed by atoms with Gasteiger partial charge >= 0.3 is 0 Å². The van der Waals surface area contributed by atoms with E-state index in [0.29, 0.717) is 11.6 Å².